The lowest BCUT2D eigenvalue weighted by Gasteiger charge is -2.21. The summed E-state index contributed by atoms with van der Waals surface area (Å²) in [5.74, 6) is 0. The van der Waals surface area contributed by atoms with Gasteiger partial charge in [0.2, 0.25) is 0 Å². The van der Waals surface area contributed by atoms with Crippen molar-refractivity contribution in [1.82, 2.24) is 9.19 Å². The number of nitro benzene ring substituents is 1. The molecule has 0 aliphatic carbocycles. The van der Waals surface area contributed by atoms with Crippen molar-refractivity contribution < 1.29 is 13.3 Å². The van der Waals surface area contributed by atoms with E-state index in [1.54, 1.807) is 4.90 Å². The fourth-order valence-electron chi connectivity index (χ4n) is 2.29. The van der Waals surface area contributed by atoms with Gasteiger partial charge in [0, 0.05) is 19.2 Å². The normalized spacial score (nSPS) is 11.3. The number of hydrogen-bond donors (Lipinski definition) is 0. The zero-order valence-corrected chi connectivity index (χ0v) is 15.0. The van der Waals surface area contributed by atoms with Crippen molar-refractivity contribution in [2.75, 3.05) is 18.0 Å². The van der Waals surface area contributed by atoms with E-state index >= 15 is 0 Å². The van der Waals surface area contributed by atoms with E-state index in [2.05, 4.69) is 5.10 Å². The van der Waals surface area contributed by atoms with Gasteiger partial charge in [0.15, 0.2) is 4.90 Å². The highest BCUT2D eigenvalue weighted by molar-refractivity contribution is 7.90. The predicted molar refractivity (Wildman–Crippen MR) is 92.7 cm³/mol. The Morgan fingerprint density at radius 2 is 1.88 bits per heavy atom. The number of hydrogen-bond acceptors (Lipinski definition) is 7. The van der Waals surface area contributed by atoms with Crippen LogP contribution in [-0.2, 0) is 10.0 Å². The molecule has 0 aliphatic rings. The molecule has 0 amide bonds. The van der Waals surface area contributed by atoms with Gasteiger partial charge in [0.25, 0.3) is 15.7 Å². The summed E-state index contributed by atoms with van der Waals surface area (Å²) in [6, 6.07) is 4.71. The minimum Gasteiger partial charge on any atom is -0.369 e. The van der Waals surface area contributed by atoms with Gasteiger partial charge in [-0.2, -0.15) is 13.5 Å². The minimum atomic E-state index is -4.58. The van der Waals surface area contributed by atoms with E-state index in [-0.39, 0.29) is 9.11 Å². The maximum absolute atomic E-state index is 12.7. The minimum absolute atomic E-state index is 0.171. The van der Waals surface area contributed by atoms with Gasteiger partial charge in [-0.15, -0.1) is 4.09 Å². The Hall–Kier alpha value is -2.46. The van der Waals surface area contributed by atoms with Crippen LogP contribution < -0.4 is 10.5 Å². The van der Waals surface area contributed by atoms with Crippen LogP contribution in [-0.4, -0.2) is 35.6 Å². The SMILES string of the molecule is CCN(CC)c1cnn(S(=O)(=O)c2ccccc2[N+](=O)[O-])c(=O)c1Cl. The van der Waals surface area contributed by atoms with E-state index in [9.17, 15) is 23.3 Å². The quantitative estimate of drug-likeness (QED) is 0.549. The number of benzene rings is 1. The maximum atomic E-state index is 12.7. The summed E-state index contributed by atoms with van der Waals surface area (Å²) in [7, 11) is -4.58. The van der Waals surface area contributed by atoms with E-state index in [1.165, 1.54) is 12.1 Å². The molecule has 0 bridgehead atoms. The Labute approximate surface area is 148 Å². The lowest BCUT2D eigenvalue weighted by molar-refractivity contribution is -0.387. The van der Waals surface area contributed by atoms with E-state index < -0.39 is 31.1 Å². The first-order chi connectivity index (χ1) is 11.8. The molecule has 2 aromatic rings. The Kier molecular flexibility index (Phi) is 5.43. The average Bonchev–Trinajstić information content (AvgIpc) is 2.59. The molecule has 1 aromatic carbocycles. The maximum Gasteiger partial charge on any atom is 0.302 e. The van der Waals surface area contributed by atoms with Crippen molar-refractivity contribution in [3.05, 3.63) is 56.0 Å². The highest BCUT2D eigenvalue weighted by Crippen LogP contribution is 2.26. The molecule has 0 saturated carbocycles. The number of nitro groups is 1. The van der Waals surface area contributed by atoms with Crippen molar-refractivity contribution in [3.8, 4) is 0 Å². The Morgan fingerprint density at radius 3 is 2.44 bits per heavy atom. The van der Waals surface area contributed by atoms with E-state index in [1.807, 2.05) is 13.8 Å². The summed E-state index contributed by atoms with van der Waals surface area (Å²) in [6.07, 6.45) is 1.16. The molecular formula is C14H15ClN4O5S. The molecule has 11 heteroatoms. The molecule has 1 heterocycles. The standard InChI is InChI=1S/C14H15ClN4O5S/c1-3-17(4-2)11-9-16-18(14(20)13(11)15)25(23,24)12-8-6-5-7-10(12)19(21)22/h5-9H,3-4H2,1-2H3. The van der Waals surface area contributed by atoms with Crippen LogP contribution in [0.4, 0.5) is 11.4 Å². The number of para-hydroxylation sites is 1. The zero-order valence-electron chi connectivity index (χ0n) is 13.4. The summed E-state index contributed by atoms with van der Waals surface area (Å²) in [6.45, 7) is 4.77. The third kappa shape index (κ3) is 3.35. The van der Waals surface area contributed by atoms with E-state index in [4.69, 9.17) is 11.6 Å². The fraction of sp³-hybridized carbons (Fsp3) is 0.286. The van der Waals surface area contributed by atoms with Crippen LogP contribution in [0.3, 0.4) is 0 Å². The topological polar surface area (TPSA) is 115 Å². The molecule has 0 unspecified atom stereocenters. The lowest BCUT2D eigenvalue weighted by Crippen LogP contribution is -2.33. The molecular weight excluding hydrogens is 372 g/mol. The number of rotatable bonds is 6. The smallest absolute Gasteiger partial charge is 0.302 e. The first-order valence-corrected chi connectivity index (χ1v) is 9.09. The number of aromatic nitrogens is 2. The van der Waals surface area contributed by atoms with Crippen molar-refractivity contribution in [2.24, 2.45) is 0 Å². The summed E-state index contributed by atoms with van der Waals surface area (Å²) in [5, 5.41) is 14.4. The van der Waals surface area contributed by atoms with Crippen molar-refractivity contribution >= 4 is 33.0 Å². The third-order valence-electron chi connectivity index (χ3n) is 3.54. The van der Waals surface area contributed by atoms with Crippen LogP contribution in [0.15, 0.2) is 40.2 Å². The molecule has 25 heavy (non-hydrogen) atoms. The molecule has 1 aromatic heterocycles. The van der Waals surface area contributed by atoms with Crippen LogP contribution >= 0.6 is 11.6 Å². The van der Waals surface area contributed by atoms with E-state index in [0.717, 1.165) is 18.3 Å². The molecule has 9 nitrogen and oxygen atoms in total. The zero-order chi connectivity index (χ0) is 18.8. The molecule has 2 rings (SSSR count). The second-order valence-electron chi connectivity index (χ2n) is 4.89. The predicted octanol–water partition coefficient (Wildman–Crippen LogP) is 1.89. The summed E-state index contributed by atoms with van der Waals surface area (Å²) < 4.78 is 25.5. The van der Waals surface area contributed by atoms with Gasteiger partial charge in [0.05, 0.1) is 16.8 Å². The van der Waals surface area contributed by atoms with Gasteiger partial charge >= 0.3 is 5.56 Å². The van der Waals surface area contributed by atoms with Crippen LogP contribution in [0.1, 0.15) is 13.8 Å². The second kappa shape index (κ2) is 7.19. The van der Waals surface area contributed by atoms with Crippen LogP contribution in [0.2, 0.25) is 5.02 Å². The Bertz CT molecular complexity index is 969. The second-order valence-corrected chi connectivity index (χ2v) is 7.01. The molecule has 0 radical (unpaired) electrons. The first kappa shape index (κ1) is 18.9. The molecule has 0 aliphatic heterocycles. The molecule has 0 atom stereocenters. The van der Waals surface area contributed by atoms with Crippen LogP contribution in [0.5, 0.6) is 0 Å². The monoisotopic (exact) mass is 386 g/mol. The highest BCUT2D eigenvalue weighted by Gasteiger charge is 2.30. The highest BCUT2D eigenvalue weighted by atomic mass is 35.5. The van der Waals surface area contributed by atoms with Crippen molar-refractivity contribution in [1.29, 1.82) is 0 Å². The van der Waals surface area contributed by atoms with Gasteiger partial charge in [-0.25, -0.2) is 0 Å². The van der Waals surface area contributed by atoms with Crippen LogP contribution in [0.25, 0.3) is 0 Å². The Morgan fingerprint density at radius 1 is 1.28 bits per heavy atom. The lowest BCUT2D eigenvalue weighted by atomic mass is 10.3. The van der Waals surface area contributed by atoms with Gasteiger partial charge in [0.1, 0.15) is 5.02 Å². The third-order valence-corrected chi connectivity index (χ3v) is 5.51. The molecule has 0 fully saturated rings. The number of anilines is 1. The van der Waals surface area contributed by atoms with Gasteiger partial charge < -0.3 is 4.90 Å². The fourth-order valence-corrected chi connectivity index (χ4v) is 3.91. The van der Waals surface area contributed by atoms with Gasteiger partial charge in [-0.3, -0.25) is 14.9 Å². The number of halogens is 1. The molecule has 0 spiro atoms. The van der Waals surface area contributed by atoms with Crippen molar-refractivity contribution in [2.45, 2.75) is 18.7 Å². The average molecular weight is 387 g/mol. The van der Waals surface area contributed by atoms with Gasteiger partial charge in [-0.1, -0.05) is 23.7 Å². The number of nitrogens with zero attached hydrogens (tertiary/aromatic N) is 4. The van der Waals surface area contributed by atoms with Crippen LogP contribution in [0, 0.1) is 10.1 Å². The molecule has 0 saturated heterocycles. The largest absolute Gasteiger partial charge is 0.369 e. The Balaban J connectivity index is 2.69. The molecule has 0 N–H and O–H groups in total. The summed E-state index contributed by atoms with van der Waals surface area (Å²) in [5.41, 5.74) is -1.42. The van der Waals surface area contributed by atoms with Crippen molar-refractivity contribution in [3.63, 3.8) is 0 Å². The first-order valence-electron chi connectivity index (χ1n) is 7.27. The van der Waals surface area contributed by atoms with Gasteiger partial charge in [-0.05, 0) is 19.9 Å². The summed E-state index contributed by atoms with van der Waals surface area (Å²) in [4.78, 5) is 23.7. The van der Waals surface area contributed by atoms with E-state index in [0.29, 0.717) is 18.8 Å². The summed E-state index contributed by atoms with van der Waals surface area (Å²) >= 11 is 6.03. The molecule has 134 valence electrons.